The number of aliphatic hydroxyl groups excluding tert-OH is 1. The molecule has 2 aliphatic heterocycles. The maximum atomic E-state index is 12.8. The Bertz CT molecular complexity index is 734. The zero-order chi connectivity index (χ0) is 16.5. The Hall–Kier alpha value is -2.33. The van der Waals surface area contributed by atoms with Crippen LogP contribution in [0.4, 0.5) is 11.4 Å². The highest BCUT2D eigenvalue weighted by molar-refractivity contribution is 6.07. The lowest BCUT2D eigenvalue weighted by Crippen LogP contribution is -2.35. The van der Waals surface area contributed by atoms with Gasteiger partial charge in [-0.1, -0.05) is 18.2 Å². The Morgan fingerprint density at radius 1 is 0.958 bits per heavy atom. The minimum Gasteiger partial charge on any atom is -0.393 e. The summed E-state index contributed by atoms with van der Waals surface area (Å²) in [5.41, 5.74) is 4.14. The van der Waals surface area contributed by atoms with Crippen LogP contribution < -0.4 is 9.80 Å². The Kier molecular flexibility index (Phi) is 3.98. The summed E-state index contributed by atoms with van der Waals surface area (Å²) in [4.78, 5) is 17.0. The number of piperidine rings is 1. The van der Waals surface area contributed by atoms with Crippen molar-refractivity contribution in [3.63, 3.8) is 0 Å². The fourth-order valence-corrected chi connectivity index (χ4v) is 3.64. The Morgan fingerprint density at radius 2 is 1.67 bits per heavy atom. The Labute approximate surface area is 142 Å². The van der Waals surface area contributed by atoms with Crippen LogP contribution in [0.5, 0.6) is 0 Å². The number of hydrogen-bond acceptors (Lipinski definition) is 3. The second-order valence-electron chi connectivity index (χ2n) is 6.60. The number of carbonyl (C=O) groups is 1. The second kappa shape index (κ2) is 6.29. The van der Waals surface area contributed by atoms with Crippen LogP contribution in [-0.4, -0.2) is 36.8 Å². The van der Waals surface area contributed by atoms with E-state index in [0.717, 1.165) is 55.8 Å². The molecule has 0 unspecified atom stereocenters. The lowest BCUT2D eigenvalue weighted by atomic mass is 10.1. The molecule has 1 saturated heterocycles. The van der Waals surface area contributed by atoms with E-state index >= 15 is 0 Å². The van der Waals surface area contributed by atoms with E-state index in [4.69, 9.17) is 0 Å². The van der Waals surface area contributed by atoms with Gasteiger partial charge in [0.2, 0.25) is 0 Å². The van der Waals surface area contributed by atoms with Crippen LogP contribution in [0.3, 0.4) is 0 Å². The molecule has 0 spiro atoms. The fraction of sp³-hybridized carbons (Fsp3) is 0.350. The van der Waals surface area contributed by atoms with Gasteiger partial charge in [0.25, 0.3) is 5.91 Å². The van der Waals surface area contributed by atoms with E-state index in [1.807, 2.05) is 47.4 Å². The lowest BCUT2D eigenvalue weighted by molar-refractivity contribution is 0.0989. The summed E-state index contributed by atoms with van der Waals surface area (Å²) in [5, 5.41) is 9.62. The van der Waals surface area contributed by atoms with Crippen LogP contribution in [0.15, 0.2) is 48.5 Å². The molecule has 0 atom stereocenters. The number of aliphatic hydroxyl groups is 1. The molecule has 2 aliphatic rings. The molecule has 0 aromatic heterocycles. The molecule has 0 saturated carbocycles. The summed E-state index contributed by atoms with van der Waals surface area (Å²) in [6.45, 7) is 2.49. The van der Waals surface area contributed by atoms with Crippen LogP contribution in [0.2, 0.25) is 0 Å². The molecule has 1 amide bonds. The summed E-state index contributed by atoms with van der Waals surface area (Å²) < 4.78 is 0. The number of nitrogens with zero attached hydrogens (tertiary/aromatic N) is 2. The third-order valence-electron chi connectivity index (χ3n) is 5.08. The van der Waals surface area contributed by atoms with Crippen LogP contribution >= 0.6 is 0 Å². The Morgan fingerprint density at radius 3 is 2.42 bits per heavy atom. The van der Waals surface area contributed by atoms with Gasteiger partial charge in [0.15, 0.2) is 0 Å². The first-order chi connectivity index (χ1) is 11.7. The summed E-state index contributed by atoms with van der Waals surface area (Å²) in [6, 6.07) is 16.0. The third kappa shape index (κ3) is 2.78. The topological polar surface area (TPSA) is 43.8 Å². The van der Waals surface area contributed by atoms with Gasteiger partial charge in [0.1, 0.15) is 0 Å². The number of fused-ring (bicyclic) bond motifs is 1. The molecule has 4 nitrogen and oxygen atoms in total. The number of hydrogen-bond donors (Lipinski definition) is 1. The number of amides is 1. The minimum atomic E-state index is -0.169. The molecular weight excluding hydrogens is 300 g/mol. The fourth-order valence-electron chi connectivity index (χ4n) is 3.64. The van der Waals surface area contributed by atoms with E-state index in [1.54, 1.807) is 0 Å². The SMILES string of the molecule is O=C(c1ccc(N2CCC(O)CC2)cc1)N1CCc2ccccc21. The number of rotatable bonds is 2. The van der Waals surface area contributed by atoms with Crippen molar-refractivity contribution in [1.82, 2.24) is 0 Å². The smallest absolute Gasteiger partial charge is 0.258 e. The van der Waals surface area contributed by atoms with Gasteiger partial charge in [0.05, 0.1) is 6.10 Å². The van der Waals surface area contributed by atoms with Gasteiger partial charge in [-0.2, -0.15) is 0 Å². The van der Waals surface area contributed by atoms with E-state index < -0.39 is 0 Å². The molecule has 124 valence electrons. The first kappa shape index (κ1) is 15.2. The van der Waals surface area contributed by atoms with Gasteiger partial charge in [0, 0.05) is 36.6 Å². The summed E-state index contributed by atoms with van der Waals surface area (Å²) in [5.74, 6) is 0.0700. The van der Waals surface area contributed by atoms with Crippen LogP contribution in [0.25, 0.3) is 0 Å². The number of benzene rings is 2. The molecule has 4 rings (SSSR count). The largest absolute Gasteiger partial charge is 0.393 e. The van der Waals surface area contributed by atoms with Crippen LogP contribution in [0, 0.1) is 0 Å². The predicted octanol–water partition coefficient (Wildman–Crippen LogP) is 2.85. The highest BCUT2D eigenvalue weighted by Crippen LogP contribution is 2.29. The summed E-state index contributed by atoms with van der Waals surface area (Å²) >= 11 is 0. The normalized spacial score (nSPS) is 17.9. The highest BCUT2D eigenvalue weighted by Gasteiger charge is 2.25. The molecule has 4 heteroatoms. The van der Waals surface area contributed by atoms with Crippen molar-refractivity contribution in [1.29, 1.82) is 0 Å². The average molecular weight is 322 g/mol. The first-order valence-corrected chi connectivity index (χ1v) is 8.65. The molecule has 1 fully saturated rings. The van der Waals surface area contributed by atoms with Crippen LogP contribution in [0.1, 0.15) is 28.8 Å². The van der Waals surface area contributed by atoms with Gasteiger partial charge in [-0.15, -0.1) is 0 Å². The minimum absolute atomic E-state index is 0.0700. The second-order valence-corrected chi connectivity index (χ2v) is 6.60. The van der Waals surface area contributed by atoms with Crippen molar-refractivity contribution < 1.29 is 9.90 Å². The molecule has 0 radical (unpaired) electrons. The first-order valence-electron chi connectivity index (χ1n) is 8.65. The molecule has 2 aromatic rings. The standard InChI is InChI=1S/C20H22N2O2/c23-18-10-12-21(13-11-18)17-7-5-16(6-8-17)20(24)22-14-9-15-3-1-2-4-19(15)22/h1-8,18,23H,9-14H2. The van der Waals surface area contributed by atoms with E-state index in [0.29, 0.717) is 0 Å². The zero-order valence-corrected chi connectivity index (χ0v) is 13.7. The van der Waals surface area contributed by atoms with Crippen molar-refractivity contribution in [2.24, 2.45) is 0 Å². The zero-order valence-electron chi connectivity index (χ0n) is 13.7. The molecule has 24 heavy (non-hydrogen) atoms. The number of anilines is 2. The monoisotopic (exact) mass is 322 g/mol. The predicted molar refractivity (Wildman–Crippen MR) is 95.7 cm³/mol. The van der Waals surface area contributed by atoms with E-state index in [-0.39, 0.29) is 12.0 Å². The van der Waals surface area contributed by atoms with Gasteiger partial charge in [-0.3, -0.25) is 4.79 Å². The van der Waals surface area contributed by atoms with Gasteiger partial charge < -0.3 is 14.9 Å². The number of para-hydroxylation sites is 1. The van der Waals surface area contributed by atoms with E-state index in [1.165, 1.54) is 5.56 Å². The van der Waals surface area contributed by atoms with Gasteiger partial charge in [-0.05, 0) is 55.2 Å². The summed E-state index contributed by atoms with van der Waals surface area (Å²) in [7, 11) is 0. The van der Waals surface area contributed by atoms with Gasteiger partial charge in [-0.25, -0.2) is 0 Å². The number of carbonyl (C=O) groups excluding carboxylic acids is 1. The quantitative estimate of drug-likeness (QED) is 0.924. The molecule has 2 heterocycles. The molecular formula is C20H22N2O2. The maximum Gasteiger partial charge on any atom is 0.258 e. The van der Waals surface area contributed by atoms with Crippen molar-refractivity contribution in [2.45, 2.75) is 25.4 Å². The van der Waals surface area contributed by atoms with Crippen molar-refractivity contribution in [3.8, 4) is 0 Å². The third-order valence-corrected chi connectivity index (χ3v) is 5.08. The molecule has 2 aromatic carbocycles. The maximum absolute atomic E-state index is 12.8. The highest BCUT2D eigenvalue weighted by atomic mass is 16.3. The molecule has 1 N–H and O–H groups in total. The average Bonchev–Trinajstić information content (AvgIpc) is 3.06. The Balaban J connectivity index is 1.50. The van der Waals surface area contributed by atoms with Crippen LogP contribution in [-0.2, 0) is 6.42 Å². The van der Waals surface area contributed by atoms with E-state index in [2.05, 4.69) is 11.0 Å². The summed E-state index contributed by atoms with van der Waals surface area (Å²) in [6.07, 6.45) is 2.38. The van der Waals surface area contributed by atoms with Crippen molar-refractivity contribution in [3.05, 3.63) is 59.7 Å². The molecule has 0 bridgehead atoms. The lowest BCUT2D eigenvalue weighted by Gasteiger charge is -2.31. The van der Waals surface area contributed by atoms with E-state index in [9.17, 15) is 9.90 Å². The molecule has 0 aliphatic carbocycles. The van der Waals surface area contributed by atoms with Crippen molar-refractivity contribution in [2.75, 3.05) is 29.4 Å². The van der Waals surface area contributed by atoms with Crippen molar-refractivity contribution >= 4 is 17.3 Å². The van der Waals surface area contributed by atoms with Gasteiger partial charge >= 0.3 is 0 Å².